The average molecular weight is 666 g/mol. The molecule has 6 nitrogen and oxygen atoms in total. The molecular formula is C41H79NO5. The van der Waals surface area contributed by atoms with Gasteiger partial charge in [0.2, 0.25) is 0 Å². The molecule has 6 heteroatoms. The van der Waals surface area contributed by atoms with Gasteiger partial charge in [-0.2, -0.15) is 0 Å². The molecule has 3 atom stereocenters. The predicted molar refractivity (Wildman–Crippen MR) is 198 cm³/mol. The number of hydrogen-bond donors (Lipinski definition) is 1. The molecule has 1 aliphatic rings. The summed E-state index contributed by atoms with van der Waals surface area (Å²) < 4.78 is 11.6. The third-order valence-electron chi connectivity index (χ3n) is 10.0. The minimum Gasteiger partial charge on any atom is -0.462 e. The Hall–Kier alpha value is -1.14. The van der Waals surface area contributed by atoms with Crippen molar-refractivity contribution in [1.29, 1.82) is 0 Å². The Labute approximate surface area is 291 Å². The number of carbonyl (C=O) groups excluding carboxylic acids is 2. The maximum Gasteiger partial charge on any atom is 0.306 e. The second-order valence-electron chi connectivity index (χ2n) is 14.6. The lowest BCUT2D eigenvalue weighted by atomic mass is 10.0. The molecule has 47 heavy (non-hydrogen) atoms. The summed E-state index contributed by atoms with van der Waals surface area (Å²) in [5, 5.41) is 9.52. The largest absolute Gasteiger partial charge is 0.462 e. The van der Waals surface area contributed by atoms with Gasteiger partial charge < -0.3 is 19.5 Å². The minimum absolute atomic E-state index is 0.000934. The first kappa shape index (κ1) is 43.9. The molecule has 1 N–H and O–H groups in total. The summed E-state index contributed by atoms with van der Waals surface area (Å²) in [4.78, 5) is 27.1. The molecule has 278 valence electrons. The van der Waals surface area contributed by atoms with Gasteiger partial charge in [0.05, 0.1) is 6.61 Å². The Morgan fingerprint density at radius 1 is 0.596 bits per heavy atom. The van der Waals surface area contributed by atoms with Crippen LogP contribution >= 0.6 is 0 Å². The SMILES string of the molecule is CCCCCCCCC(CCCCCCC)OC(=O)CCCCCCCN(CCO)CCCCCCCC(=O)OC1CC1CCCC. The zero-order valence-corrected chi connectivity index (χ0v) is 31.6. The molecular weight excluding hydrogens is 586 g/mol. The molecule has 0 amide bonds. The number of nitrogens with zero attached hydrogens (tertiary/aromatic N) is 1. The Morgan fingerprint density at radius 3 is 1.60 bits per heavy atom. The van der Waals surface area contributed by atoms with Gasteiger partial charge in [0.1, 0.15) is 12.2 Å². The smallest absolute Gasteiger partial charge is 0.306 e. The topological polar surface area (TPSA) is 76.1 Å². The standard InChI is InChI=1S/C41H79NO5/c1-4-7-10-12-16-22-29-38(28-21-15-11-8-5-2)46-40(44)30-23-17-13-19-25-32-42(34-35-43)33-26-20-14-18-24-31-41(45)47-39-36-37(39)27-9-6-3/h37-39,43H,4-36H2,1-3H3. The van der Waals surface area contributed by atoms with Crippen LogP contribution in [0.3, 0.4) is 0 Å². The third kappa shape index (κ3) is 27.4. The van der Waals surface area contributed by atoms with Crippen molar-refractivity contribution >= 4 is 11.9 Å². The second kappa shape index (κ2) is 32.1. The molecule has 0 aromatic carbocycles. The van der Waals surface area contributed by atoms with Gasteiger partial charge in [-0.05, 0) is 83.2 Å². The number of rotatable bonds is 36. The Kier molecular flexibility index (Phi) is 30.0. The van der Waals surface area contributed by atoms with Crippen molar-refractivity contribution in [3.05, 3.63) is 0 Å². The molecule has 1 saturated carbocycles. The molecule has 0 aromatic heterocycles. The van der Waals surface area contributed by atoms with E-state index in [4.69, 9.17) is 9.47 Å². The minimum atomic E-state index is -0.000934. The summed E-state index contributed by atoms with van der Waals surface area (Å²) in [5.74, 6) is 0.639. The summed E-state index contributed by atoms with van der Waals surface area (Å²) in [6.45, 7) is 9.75. The van der Waals surface area contributed by atoms with Crippen molar-refractivity contribution < 1.29 is 24.2 Å². The van der Waals surface area contributed by atoms with Crippen LogP contribution in [-0.4, -0.2) is 60.4 Å². The van der Waals surface area contributed by atoms with Crippen molar-refractivity contribution in [2.45, 2.75) is 219 Å². The van der Waals surface area contributed by atoms with Gasteiger partial charge in [-0.1, -0.05) is 130 Å². The summed E-state index contributed by atoms with van der Waals surface area (Å²) >= 11 is 0. The lowest BCUT2D eigenvalue weighted by molar-refractivity contribution is -0.150. The highest BCUT2D eigenvalue weighted by Gasteiger charge is 2.39. The number of aliphatic hydroxyl groups is 1. The van der Waals surface area contributed by atoms with Gasteiger partial charge in [-0.3, -0.25) is 9.59 Å². The van der Waals surface area contributed by atoms with Crippen LogP contribution in [0.5, 0.6) is 0 Å². The monoisotopic (exact) mass is 666 g/mol. The van der Waals surface area contributed by atoms with Crippen molar-refractivity contribution in [1.82, 2.24) is 4.90 Å². The second-order valence-corrected chi connectivity index (χ2v) is 14.6. The number of aliphatic hydroxyl groups excluding tert-OH is 1. The van der Waals surface area contributed by atoms with Crippen molar-refractivity contribution in [3.63, 3.8) is 0 Å². The van der Waals surface area contributed by atoms with Crippen molar-refractivity contribution in [3.8, 4) is 0 Å². The Balaban J connectivity index is 2.08. The molecule has 0 bridgehead atoms. The Bertz CT molecular complexity index is 716. The van der Waals surface area contributed by atoms with E-state index < -0.39 is 0 Å². The van der Waals surface area contributed by atoms with E-state index in [-0.39, 0.29) is 30.8 Å². The first-order valence-corrected chi connectivity index (χ1v) is 20.8. The number of unbranched alkanes of at least 4 members (excludes halogenated alkanes) is 18. The normalized spacial score (nSPS) is 16.4. The van der Waals surface area contributed by atoms with E-state index in [1.807, 2.05) is 0 Å². The summed E-state index contributed by atoms with van der Waals surface area (Å²) in [7, 11) is 0. The van der Waals surface area contributed by atoms with E-state index in [2.05, 4.69) is 25.7 Å². The lowest BCUT2D eigenvalue weighted by Gasteiger charge is -2.21. The fourth-order valence-electron chi connectivity index (χ4n) is 6.74. The van der Waals surface area contributed by atoms with Crippen LogP contribution in [0.15, 0.2) is 0 Å². The number of ether oxygens (including phenoxy) is 2. The number of esters is 2. The van der Waals surface area contributed by atoms with E-state index in [0.29, 0.717) is 18.8 Å². The van der Waals surface area contributed by atoms with Crippen molar-refractivity contribution in [2.75, 3.05) is 26.2 Å². The Morgan fingerprint density at radius 2 is 1.06 bits per heavy atom. The van der Waals surface area contributed by atoms with Gasteiger partial charge in [0, 0.05) is 19.4 Å². The average Bonchev–Trinajstić information content (AvgIpc) is 3.80. The number of carbonyl (C=O) groups is 2. The fourth-order valence-corrected chi connectivity index (χ4v) is 6.74. The van der Waals surface area contributed by atoms with Crippen molar-refractivity contribution in [2.24, 2.45) is 5.92 Å². The van der Waals surface area contributed by atoms with E-state index in [1.54, 1.807) is 0 Å². The van der Waals surface area contributed by atoms with E-state index in [1.165, 1.54) is 103 Å². The maximum atomic E-state index is 12.6. The van der Waals surface area contributed by atoms with E-state index in [9.17, 15) is 14.7 Å². The molecule has 1 rings (SSSR count). The molecule has 1 aliphatic carbocycles. The first-order chi connectivity index (χ1) is 23.0. The molecule has 1 fully saturated rings. The lowest BCUT2D eigenvalue weighted by Crippen LogP contribution is -2.29. The van der Waals surface area contributed by atoms with Gasteiger partial charge >= 0.3 is 11.9 Å². The zero-order valence-electron chi connectivity index (χ0n) is 31.6. The molecule has 0 aliphatic heterocycles. The zero-order chi connectivity index (χ0) is 34.2. The summed E-state index contributed by atoms with van der Waals surface area (Å²) in [5.41, 5.74) is 0. The number of hydrogen-bond acceptors (Lipinski definition) is 6. The molecule has 0 saturated heterocycles. The molecule has 0 aromatic rings. The summed E-state index contributed by atoms with van der Waals surface area (Å²) in [6, 6.07) is 0. The molecule has 0 spiro atoms. The van der Waals surface area contributed by atoms with Crippen LogP contribution < -0.4 is 0 Å². The molecule has 0 radical (unpaired) electrons. The van der Waals surface area contributed by atoms with Gasteiger partial charge in [-0.25, -0.2) is 0 Å². The van der Waals surface area contributed by atoms with Gasteiger partial charge in [-0.15, -0.1) is 0 Å². The molecule has 0 heterocycles. The highest BCUT2D eigenvalue weighted by atomic mass is 16.6. The van der Waals surface area contributed by atoms with E-state index >= 15 is 0 Å². The molecule has 3 unspecified atom stereocenters. The van der Waals surface area contributed by atoms with E-state index in [0.717, 1.165) is 90.3 Å². The van der Waals surface area contributed by atoms with Gasteiger partial charge in [0.15, 0.2) is 0 Å². The van der Waals surface area contributed by atoms with Crippen LogP contribution in [0.2, 0.25) is 0 Å². The highest BCUT2D eigenvalue weighted by molar-refractivity contribution is 5.70. The van der Waals surface area contributed by atoms with Crippen LogP contribution in [0.4, 0.5) is 0 Å². The predicted octanol–water partition coefficient (Wildman–Crippen LogP) is 11.1. The van der Waals surface area contributed by atoms with Crippen LogP contribution in [0.25, 0.3) is 0 Å². The first-order valence-electron chi connectivity index (χ1n) is 20.8. The maximum absolute atomic E-state index is 12.6. The van der Waals surface area contributed by atoms with Crippen LogP contribution in [0.1, 0.15) is 207 Å². The van der Waals surface area contributed by atoms with Crippen LogP contribution in [0, 0.1) is 5.92 Å². The quantitative estimate of drug-likeness (QED) is 0.0530. The fraction of sp³-hybridized carbons (Fsp3) is 0.951. The third-order valence-corrected chi connectivity index (χ3v) is 10.0. The van der Waals surface area contributed by atoms with Gasteiger partial charge in [0.25, 0.3) is 0 Å². The highest BCUT2D eigenvalue weighted by Crippen LogP contribution is 2.38. The summed E-state index contributed by atoms with van der Waals surface area (Å²) in [6.07, 6.45) is 33.2. The van der Waals surface area contributed by atoms with Crippen LogP contribution in [-0.2, 0) is 19.1 Å².